The van der Waals surface area contributed by atoms with Crippen molar-refractivity contribution in [3.05, 3.63) is 0 Å². The maximum atomic E-state index is 10.6. The zero-order valence-corrected chi connectivity index (χ0v) is 6.85. The summed E-state index contributed by atoms with van der Waals surface area (Å²) in [7, 11) is 0. The van der Waals surface area contributed by atoms with E-state index < -0.39 is 0 Å². The molecule has 0 unspecified atom stereocenters. The lowest BCUT2D eigenvalue weighted by molar-refractivity contribution is 0.212. The number of amides is 1. The predicted molar refractivity (Wildman–Crippen MR) is 39.7 cm³/mol. The van der Waals surface area contributed by atoms with Crippen molar-refractivity contribution in [1.82, 2.24) is 4.90 Å². The van der Waals surface area contributed by atoms with E-state index in [1.807, 2.05) is 4.90 Å². The van der Waals surface area contributed by atoms with Crippen molar-refractivity contribution in [2.24, 2.45) is 0 Å². The topological polar surface area (TPSA) is 20.3 Å². The first-order valence-electron chi connectivity index (χ1n) is 3.25. The van der Waals surface area contributed by atoms with Crippen molar-refractivity contribution in [2.75, 3.05) is 13.1 Å². The first-order valence-corrected chi connectivity index (χ1v) is 4.04. The van der Waals surface area contributed by atoms with Gasteiger partial charge >= 0.3 is 0 Å². The number of rotatable bonds is 0. The molecule has 0 aliphatic carbocycles. The molecule has 3 heteroatoms. The Balaban J connectivity index is 2.31. The van der Waals surface area contributed by atoms with Crippen LogP contribution >= 0.6 is 15.9 Å². The quantitative estimate of drug-likeness (QED) is 0.424. The van der Waals surface area contributed by atoms with Gasteiger partial charge in [-0.3, -0.25) is 4.79 Å². The molecule has 0 aromatic heterocycles. The van der Waals surface area contributed by atoms with Crippen LogP contribution in [0.5, 0.6) is 0 Å². The van der Waals surface area contributed by atoms with E-state index in [9.17, 15) is 4.79 Å². The highest BCUT2D eigenvalue weighted by molar-refractivity contribution is 9.18. The molecule has 0 atom stereocenters. The van der Waals surface area contributed by atoms with E-state index >= 15 is 0 Å². The fourth-order valence-electron chi connectivity index (χ4n) is 1.07. The Morgan fingerprint density at radius 2 is 1.78 bits per heavy atom. The molecular formula is C6H10BrNO. The molecule has 0 saturated carbocycles. The van der Waals surface area contributed by atoms with Gasteiger partial charge in [0, 0.05) is 29.0 Å². The fraction of sp³-hybridized carbons (Fsp3) is 0.833. The molecule has 1 aliphatic heterocycles. The van der Waals surface area contributed by atoms with Crippen molar-refractivity contribution in [3.63, 3.8) is 0 Å². The molecule has 0 spiro atoms. The van der Waals surface area contributed by atoms with Gasteiger partial charge in [-0.2, -0.15) is 0 Å². The Labute approximate surface area is 63.3 Å². The van der Waals surface area contributed by atoms with Crippen LogP contribution < -0.4 is 0 Å². The van der Waals surface area contributed by atoms with Gasteiger partial charge < -0.3 is 4.90 Å². The Morgan fingerprint density at radius 1 is 1.22 bits per heavy atom. The largest absolute Gasteiger partial charge is 0.333 e. The molecule has 0 aromatic carbocycles. The number of likely N-dealkylation sites (tertiary alicyclic amines) is 1. The smallest absolute Gasteiger partial charge is 0.289 e. The highest BCUT2D eigenvalue weighted by Gasteiger charge is 2.12. The standard InChI is InChI=1S/C6H10BrNO/c7-6(9)8-4-2-1-3-5-8/h1-5H2. The van der Waals surface area contributed by atoms with E-state index in [0.29, 0.717) is 0 Å². The van der Waals surface area contributed by atoms with Gasteiger partial charge in [0.15, 0.2) is 0 Å². The van der Waals surface area contributed by atoms with Gasteiger partial charge in [0.2, 0.25) is 0 Å². The monoisotopic (exact) mass is 191 g/mol. The van der Waals surface area contributed by atoms with Crippen molar-refractivity contribution >= 4 is 20.7 Å². The van der Waals surface area contributed by atoms with E-state index in [-0.39, 0.29) is 4.82 Å². The van der Waals surface area contributed by atoms with Gasteiger partial charge in [-0.15, -0.1) is 0 Å². The molecule has 1 saturated heterocycles. The zero-order valence-electron chi connectivity index (χ0n) is 5.27. The van der Waals surface area contributed by atoms with E-state index in [1.54, 1.807) is 0 Å². The molecule has 0 bridgehead atoms. The Morgan fingerprint density at radius 3 is 2.11 bits per heavy atom. The fourth-order valence-corrected chi connectivity index (χ4v) is 1.42. The number of hydrogen-bond donors (Lipinski definition) is 0. The van der Waals surface area contributed by atoms with Crippen LogP contribution in [0.2, 0.25) is 0 Å². The summed E-state index contributed by atoms with van der Waals surface area (Å²) in [5, 5.41) is 0. The molecule has 2 nitrogen and oxygen atoms in total. The summed E-state index contributed by atoms with van der Waals surface area (Å²) >= 11 is 2.92. The number of carbonyl (C=O) groups excluding carboxylic acids is 1. The SMILES string of the molecule is O=C(Br)N1CCCCC1. The van der Waals surface area contributed by atoms with Crippen LogP contribution in [0.25, 0.3) is 0 Å². The Hall–Kier alpha value is -0.0500. The molecular weight excluding hydrogens is 182 g/mol. The highest BCUT2D eigenvalue weighted by atomic mass is 79.9. The number of nitrogens with zero attached hydrogens (tertiary/aromatic N) is 1. The number of halogens is 1. The molecule has 52 valence electrons. The molecule has 1 aliphatic rings. The van der Waals surface area contributed by atoms with Gasteiger partial charge in [-0.1, -0.05) is 0 Å². The molecule has 1 heterocycles. The Bertz CT molecular complexity index is 110. The summed E-state index contributed by atoms with van der Waals surface area (Å²) in [6.07, 6.45) is 3.60. The molecule has 0 aromatic rings. The first-order chi connectivity index (χ1) is 4.30. The van der Waals surface area contributed by atoms with E-state index in [4.69, 9.17) is 0 Å². The Kier molecular flexibility index (Phi) is 2.51. The van der Waals surface area contributed by atoms with Gasteiger partial charge in [0.05, 0.1) is 0 Å². The van der Waals surface area contributed by atoms with Gasteiger partial charge in [0.1, 0.15) is 0 Å². The minimum Gasteiger partial charge on any atom is -0.333 e. The first kappa shape index (κ1) is 7.06. The van der Waals surface area contributed by atoms with E-state index in [2.05, 4.69) is 15.9 Å². The van der Waals surface area contributed by atoms with E-state index in [1.165, 1.54) is 6.42 Å². The minimum atomic E-state index is 0.0437. The summed E-state index contributed by atoms with van der Waals surface area (Å²) < 4.78 is 0. The van der Waals surface area contributed by atoms with Crippen molar-refractivity contribution < 1.29 is 4.79 Å². The maximum Gasteiger partial charge on any atom is 0.289 e. The molecule has 0 radical (unpaired) electrons. The average molecular weight is 192 g/mol. The maximum absolute atomic E-state index is 10.6. The second kappa shape index (κ2) is 3.20. The van der Waals surface area contributed by atoms with Crippen molar-refractivity contribution in [2.45, 2.75) is 19.3 Å². The van der Waals surface area contributed by atoms with Crippen LogP contribution in [0, 0.1) is 0 Å². The van der Waals surface area contributed by atoms with Crippen LogP contribution in [0.15, 0.2) is 0 Å². The third kappa shape index (κ3) is 1.97. The minimum absolute atomic E-state index is 0.0437. The number of carbonyl (C=O) groups is 1. The second-order valence-electron chi connectivity index (χ2n) is 2.30. The lowest BCUT2D eigenvalue weighted by Gasteiger charge is -2.23. The molecule has 1 rings (SSSR count). The normalized spacial score (nSPS) is 19.9. The third-order valence-corrected chi connectivity index (χ3v) is 2.11. The summed E-state index contributed by atoms with van der Waals surface area (Å²) in [4.78, 5) is 12.5. The van der Waals surface area contributed by atoms with Crippen LogP contribution in [0.3, 0.4) is 0 Å². The van der Waals surface area contributed by atoms with Crippen LogP contribution in [-0.2, 0) is 0 Å². The zero-order chi connectivity index (χ0) is 6.69. The lowest BCUT2D eigenvalue weighted by Crippen LogP contribution is -2.31. The average Bonchev–Trinajstić information content (AvgIpc) is 1.90. The van der Waals surface area contributed by atoms with Gasteiger partial charge in [-0.05, 0) is 19.3 Å². The van der Waals surface area contributed by atoms with Crippen molar-refractivity contribution in [3.8, 4) is 0 Å². The highest BCUT2D eigenvalue weighted by Crippen LogP contribution is 2.10. The molecule has 9 heavy (non-hydrogen) atoms. The molecule has 0 N–H and O–H groups in total. The summed E-state index contributed by atoms with van der Waals surface area (Å²) in [5.41, 5.74) is 0. The number of hydrogen-bond acceptors (Lipinski definition) is 1. The van der Waals surface area contributed by atoms with Crippen LogP contribution in [0.4, 0.5) is 4.79 Å². The van der Waals surface area contributed by atoms with E-state index in [0.717, 1.165) is 25.9 Å². The summed E-state index contributed by atoms with van der Waals surface area (Å²) in [6, 6.07) is 0. The molecule has 1 fully saturated rings. The van der Waals surface area contributed by atoms with Crippen LogP contribution in [-0.4, -0.2) is 22.8 Å². The number of piperidine rings is 1. The third-order valence-electron chi connectivity index (χ3n) is 1.60. The molecule has 1 amide bonds. The predicted octanol–water partition coefficient (Wildman–Crippen LogP) is 1.99. The van der Waals surface area contributed by atoms with Gasteiger partial charge in [0.25, 0.3) is 4.82 Å². The lowest BCUT2D eigenvalue weighted by atomic mass is 10.1. The van der Waals surface area contributed by atoms with Gasteiger partial charge in [-0.25, -0.2) is 0 Å². The van der Waals surface area contributed by atoms with Crippen molar-refractivity contribution in [1.29, 1.82) is 0 Å². The van der Waals surface area contributed by atoms with Crippen LogP contribution in [0.1, 0.15) is 19.3 Å². The second-order valence-corrected chi connectivity index (χ2v) is 2.98. The summed E-state index contributed by atoms with van der Waals surface area (Å²) in [6.45, 7) is 1.87. The summed E-state index contributed by atoms with van der Waals surface area (Å²) in [5.74, 6) is 0.